The number of halogens is 2. The van der Waals surface area contributed by atoms with E-state index in [0.29, 0.717) is 0 Å². The number of hydrogen-bond acceptors (Lipinski definition) is 1. The van der Waals surface area contributed by atoms with E-state index in [9.17, 15) is 9.18 Å². The fourth-order valence-electron chi connectivity index (χ4n) is 2.20. The molecule has 2 aromatic carbocycles. The van der Waals surface area contributed by atoms with E-state index in [4.69, 9.17) is 0 Å². The lowest BCUT2D eigenvalue weighted by Crippen LogP contribution is -3.08. The minimum atomic E-state index is -0.404. The fraction of sp³-hybridized carbons (Fsp3) is 0.235. The first kappa shape index (κ1) is 16.6. The van der Waals surface area contributed by atoms with Crippen molar-refractivity contribution in [1.29, 1.82) is 0 Å². The summed E-state index contributed by atoms with van der Waals surface area (Å²) in [5.41, 5.74) is 2.20. The molecule has 1 atom stereocenters. The summed E-state index contributed by atoms with van der Waals surface area (Å²) in [6.45, 7) is 2.82. The molecule has 0 saturated heterocycles. The van der Waals surface area contributed by atoms with Crippen molar-refractivity contribution in [2.24, 2.45) is 0 Å². The van der Waals surface area contributed by atoms with Gasteiger partial charge in [0.2, 0.25) is 0 Å². The van der Waals surface area contributed by atoms with Crippen molar-refractivity contribution in [3.8, 4) is 0 Å². The SMILES string of the molecule is Cc1ccc(NC(=O)C[NH+](C)Cc2ccc(Br)cc2)c(F)c1. The zero-order chi connectivity index (χ0) is 16.1. The number of aryl methyl sites for hydroxylation is 1. The maximum atomic E-state index is 13.7. The molecule has 116 valence electrons. The van der Waals surface area contributed by atoms with E-state index in [1.54, 1.807) is 12.1 Å². The highest BCUT2D eigenvalue weighted by molar-refractivity contribution is 9.10. The van der Waals surface area contributed by atoms with E-state index in [1.807, 2.05) is 38.2 Å². The van der Waals surface area contributed by atoms with Crippen LogP contribution in [0, 0.1) is 12.7 Å². The van der Waals surface area contributed by atoms with Crippen LogP contribution in [0.3, 0.4) is 0 Å². The third-order valence-corrected chi connectivity index (χ3v) is 3.81. The van der Waals surface area contributed by atoms with Crippen LogP contribution in [0.25, 0.3) is 0 Å². The molecule has 3 nitrogen and oxygen atoms in total. The summed E-state index contributed by atoms with van der Waals surface area (Å²) < 4.78 is 14.7. The molecule has 1 unspecified atom stereocenters. The fourth-order valence-corrected chi connectivity index (χ4v) is 2.47. The van der Waals surface area contributed by atoms with Crippen molar-refractivity contribution in [1.82, 2.24) is 0 Å². The predicted molar refractivity (Wildman–Crippen MR) is 89.4 cm³/mol. The second kappa shape index (κ2) is 7.51. The molecule has 0 aliphatic heterocycles. The molecule has 2 N–H and O–H groups in total. The summed E-state index contributed by atoms with van der Waals surface area (Å²) in [7, 11) is 1.94. The Kier molecular flexibility index (Phi) is 5.69. The van der Waals surface area contributed by atoms with E-state index >= 15 is 0 Å². The Hall–Kier alpha value is -1.72. The first-order valence-corrected chi connectivity index (χ1v) is 7.85. The zero-order valence-electron chi connectivity index (χ0n) is 12.6. The number of likely N-dealkylation sites (N-methyl/N-ethyl adjacent to an activating group) is 1. The Morgan fingerprint density at radius 3 is 2.55 bits per heavy atom. The molecule has 0 bridgehead atoms. The Labute approximate surface area is 138 Å². The molecule has 1 amide bonds. The zero-order valence-corrected chi connectivity index (χ0v) is 14.2. The molecular weight excluding hydrogens is 347 g/mol. The largest absolute Gasteiger partial charge is 0.326 e. The van der Waals surface area contributed by atoms with Gasteiger partial charge in [-0.3, -0.25) is 4.79 Å². The van der Waals surface area contributed by atoms with Crippen molar-refractivity contribution in [2.75, 3.05) is 18.9 Å². The van der Waals surface area contributed by atoms with Crippen LogP contribution in [0.1, 0.15) is 11.1 Å². The highest BCUT2D eigenvalue weighted by Crippen LogP contribution is 2.14. The smallest absolute Gasteiger partial charge is 0.279 e. The third-order valence-electron chi connectivity index (χ3n) is 3.28. The van der Waals surface area contributed by atoms with E-state index in [2.05, 4.69) is 21.2 Å². The van der Waals surface area contributed by atoms with Crippen LogP contribution < -0.4 is 10.2 Å². The molecular formula is C17H19BrFN2O+. The number of rotatable bonds is 5. The van der Waals surface area contributed by atoms with Crippen LogP contribution in [0.5, 0.6) is 0 Å². The number of nitrogens with one attached hydrogen (secondary N) is 2. The van der Waals surface area contributed by atoms with Crippen LogP contribution in [0.15, 0.2) is 46.9 Å². The standard InChI is InChI=1S/C17H18BrFN2O/c1-12-3-8-16(15(19)9-12)20-17(22)11-21(2)10-13-4-6-14(18)7-5-13/h3-9H,10-11H2,1-2H3,(H,20,22)/p+1. The number of benzene rings is 2. The van der Waals surface area contributed by atoms with Gasteiger partial charge in [0, 0.05) is 10.0 Å². The van der Waals surface area contributed by atoms with Gasteiger partial charge in [0.1, 0.15) is 12.4 Å². The maximum Gasteiger partial charge on any atom is 0.279 e. The molecule has 0 radical (unpaired) electrons. The summed E-state index contributed by atoms with van der Waals surface area (Å²) in [6.07, 6.45) is 0. The van der Waals surface area contributed by atoms with Gasteiger partial charge in [0.25, 0.3) is 5.91 Å². The van der Waals surface area contributed by atoms with Gasteiger partial charge < -0.3 is 10.2 Å². The third kappa shape index (κ3) is 4.93. The first-order chi connectivity index (χ1) is 10.4. The van der Waals surface area contributed by atoms with Crippen LogP contribution in [0.4, 0.5) is 10.1 Å². The number of anilines is 1. The van der Waals surface area contributed by atoms with Gasteiger partial charge in [-0.05, 0) is 36.8 Å². The van der Waals surface area contributed by atoms with Gasteiger partial charge in [0.05, 0.1) is 12.7 Å². The molecule has 22 heavy (non-hydrogen) atoms. The summed E-state index contributed by atoms with van der Waals surface area (Å²) in [5, 5.41) is 2.62. The van der Waals surface area contributed by atoms with Gasteiger partial charge in [-0.1, -0.05) is 34.1 Å². The summed E-state index contributed by atoms with van der Waals surface area (Å²) in [6, 6.07) is 12.8. The molecule has 0 aliphatic carbocycles. The molecule has 0 saturated carbocycles. The topological polar surface area (TPSA) is 33.5 Å². The number of amides is 1. The molecule has 0 heterocycles. The summed E-state index contributed by atoms with van der Waals surface area (Å²) >= 11 is 3.39. The Bertz CT molecular complexity index is 658. The van der Waals surface area contributed by atoms with E-state index in [0.717, 1.165) is 27.0 Å². The molecule has 0 fully saturated rings. The van der Waals surface area contributed by atoms with Crippen molar-refractivity contribution < 1.29 is 14.1 Å². The van der Waals surface area contributed by atoms with Crippen molar-refractivity contribution in [3.63, 3.8) is 0 Å². The lowest BCUT2D eigenvalue weighted by atomic mass is 10.2. The van der Waals surface area contributed by atoms with Gasteiger partial charge in [0.15, 0.2) is 6.54 Å². The average molecular weight is 366 g/mol. The molecule has 5 heteroatoms. The molecule has 2 aromatic rings. The highest BCUT2D eigenvalue weighted by Gasteiger charge is 2.12. The first-order valence-electron chi connectivity index (χ1n) is 7.06. The Morgan fingerprint density at radius 1 is 1.23 bits per heavy atom. The van der Waals surface area contributed by atoms with Gasteiger partial charge >= 0.3 is 0 Å². The summed E-state index contributed by atoms with van der Waals surface area (Å²) in [5.74, 6) is -0.601. The molecule has 0 aromatic heterocycles. The van der Waals surface area contributed by atoms with Crippen LogP contribution in [-0.2, 0) is 11.3 Å². The molecule has 0 aliphatic rings. The van der Waals surface area contributed by atoms with E-state index in [-0.39, 0.29) is 18.1 Å². The van der Waals surface area contributed by atoms with Crippen molar-refractivity contribution >= 4 is 27.5 Å². The number of carbonyl (C=O) groups is 1. The van der Waals surface area contributed by atoms with E-state index in [1.165, 1.54) is 6.07 Å². The second-order valence-corrected chi connectivity index (χ2v) is 6.38. The normalized spacial score (nSPS) is 12.0. The predicted octanol–water partition coefficient (Wildman–Crippen LogP) is 2.55. The van der Waals surface area contributed by atoms with Crippen LogP contribution in [0.2, 0.25) is 0 Å². The highest BCUT2D eigenvalue weighted by atomic mass is 79.9. The Balaban J connectivity index is 1.89. The average Bonchev–Trinajstić information content (AvgIpc) is 2.44. The van der Waals surface area contributed by atoms with E-state index < -0.39 is 5.82 Å². The minimum absolute atomic E-state index is 0.197. The van der Waals surface area contributed by atoms with Crippen molar-refractivity contribution in [3.05, 3.63) is 63.9 Å². The number of carbonyl (C=O) groups excluding carboxylic acids is 1. The molecule has 0 spiro atoms. The Morgan fingerprint density at radius 2 is 1.91 bits per heavy atom. The second-order valence-electron chi connectivity index (χ2n) is 5.47. The monoisotopic (exact) mass is 365 g/mol. The maximum absolute atomic E-state index is 13.7. The van der Waals surface area contributed by atoms with Crippen LogP contribution in [-0.4, -0.2) is 19.5 Å². The number of quaternary nitrogens is 1. The van der Waals surface area contributed by atoms with Gasteiger partial charge in [-0.25, -0.2) is 4.39 Å². The summed E-state index contributed by atoms with van der Waals surface area (Å²) in [4.78, 5) is 13.0. The van der Waals surface area contributed by atoms with Gasteiger partial charge in [-0.2, -0.15) is 0 Å². The lowest BCUT2D eigenvalue weighted by Gasteiger charge is -2.14. The number of hydrogen-bond donors (Lipinski definition) is 2. The molecule has 2 rings (SSSR count). The quantitative estimate of drug-likeness (QED) is 0.838. The lowest BCUT2D eigenvalue weighted by molar-refractivity contribution is -0.885. The van der Waals surface area contributed by atoms with Crippen molar-refractivity contribution in [2.45, 2.75) is 13.5 Å². The van der Waals surface area contributed by atoms with Crippen LogP contribution >= 0.6 is 15.9 Å². The minimum Gasteiger partial charge on any atom is -0.326 e. The van der Waals surface area contributed by atoms with Gasteiger partial charge in [-0.15, -0.1) is 0 Å².